The smallest absolute Gasteiger partial charge is 0.366 e. The lowest BCUT2D eigenvalue weighted by Crippen LogP contribution is -2.13. The first-order valence-electron chi connectivity index (χ1n) is 2.97. The summed E-state index contributed by atoms with van der Waals surface area (Å²) < 4.78 is 10.6. The summed E-state index contributed by atoms with van der Waals surface area (Å²) in [6.07, 6.45) is 0.161. The van der Waals surface area contributed by atoms with Crippen molar-refractivity contribution in [1.29, 1.82) is 0 Å². The van der Waals surface area contributed by atoms with Gasteiger partial charge in [-0.15, -0.1) is 0 Å². The Morgan fingerprint density at radius 2 is 2.18 bits per heavy atom. The van der Waals surface area contributed by atoms with Crippen molar-refractivity contribution in [3.8, 4) is 0 Å². The molecule has 0 aliphatic heterocycles. The molecule has 0 aromatic carbocycles. The van der Waals surface area contributed by atoms with E-state index in [9.17, 15) is 9.36 Å². The molecule has 2 unspecified atom stereocenters. The molecule has 2 N–H and O–H groups in total. The lowest BCUT2D eigenvalue weighted by Gasteiger charge is -1.96. The fraction of sp³-hybridized carbons (Fsp3) is 0.800. The van der Waals surface area contributed by atoms with E-state index < -0.39 is 18.6 Å². The molecular weight excluding hydrogens is 235 g/mol. The highest BCUT2D eigenvalue weighted by Gasteiger charge is 2.19. The molecule has 4 nitrogen and oxygen atoms in total. The molecule has 0 spiro atoms. The number of aliphatic hydroxyl groups excluding tert-OH is 1. The summed E-state index contributed by atoms with van der Waals surface area (Å²) in [7, 11) is -1.62. The highest BCUT2D eigenvalue weighted by molar-refractivity contribution is 9.10. The number of carboxylic acids is 1. The number of alkyl halides is 1. The van der Waals surface area contributed by atoms with Gasteiger partial charge in [-0.2, -0.15) is 0 Å². The quantitative estimate of drug-likeness (QED) is 0.558. The van der Waals surface area contributed by atoms with Crippen molar-refractivity contribution in [2.75, 3.05) is 12.5 Å². The maximum Gasteiger partial charge on any atom is 0.366 e. The van der Waals surface area contributed by atoms with E-state index in [1.165, 1.54) is 0 Å². The third kappa shape index (κ3) is 5.30. The van der Waals surface area contributed by atoms with Gasteiger partial charge < -0.3 is 10.2 Å². The van der Waals surface area contributed by atoms with Gasteiger partial charge in [0.2, 0.25) is 6.35 Å². The fourth-order valence-corrected chi connectivity index (χ4v) is 1.72. The maximum absolute atomic E-state index is 10.6. The van der Waals surface area contributed by atoms with Gasteiger partial charge in [-0.3, -0.25) is 4.79 Å². The summed E-state index contributed by atoms with van der Waals surface area (Å²) in [6, 6.07) is 0. The second-order valence-electron chi connectivity index (χ2n) is 1.94. The van der Waals surface area contributed by atoms with Crippen molar-refractivity contribution < 1.29 is 19.6 Å². The van der Waals surface area contributed by atoms with Crippen LogP contribution >= 0.6 is 23.7 Å². The van der Waals surface area contributed by atoms with Crippen LogP contribution in [0.15, 0.2) is 0 Å². The Labute approximate surface area is 73.5 Å². The molecule has 0 aliphatic carbocycles. The summed E-state index contributed by atoms with van der Waals surface area (Å²) >= 11 is 2.89. The van der Waals surface area contributed by atoms with Crippen LogP contribution in [0.25, 0.3) is 0 Å². The van der Waals surface area contributed by atoms with Crippen molar-refractivity contribution in [1.82, 2.24) is 0 Å². The number of aliphatic carboxylic acids is 1. The molecule has 0 saturated carbocycles. The molecule has 0 aliphatic rings. The molecule has 6 heteroatoms. The number of halogens is 1. The van der Waals surface area contributed by atoms with E-state index in [2.05, 4.69) is 15.9 Å². The Hall–Kier alpha value is 0.01000. The van der Waals surface area contributed by atoms with Crippen molar-refractivity contribution in [2.24, 2.45) is 0 Å². The number of hydrogen-bond donors (Lipinski definition) is 2. The zero-order valence-corrected chi connectivity index (χ0v) is 8.22. The monoisotopic (exact) mass is 243 g/mol. The van der Waals surface area contributed by atoms with Crippen LogP contribution in [-0.2, 0) is 9.36 Å². The van der Waals surface area contributed by atoms with Crippen LogP contribution in [0.2, 0.25) is 0 Å². The van der Waals surface area contributed by atoms with E-state index >= 15 is 0 Å². The van der Waals surface area contributed by atoms with Crippen LogP contribution in [-0.4, -0.2) is 33.5 Å². The predicted molar refractivity (Wildman–Crippen MR) is 44.5 cm³/mol. The standard InChI is InChI=1S/C5H8BrO4P/c6-4(5(8)9)1-2-11(10)3-7/h4,7H,1-3H2/p+1. The van der Waals surface area contributed by atoms with Crippen molar-refractivity contribution >= 4 is 29.7 Å². The summed E-state index contributed by atoms with van der Waals surface area (Å²) in [4.78, 5) is 9.54. The average Bonchev–Trinajstić information content (AvgIpc) is 1.99. The first-order valence-corrected chi connectivity index (χ1v) is 5.52. The minimum atomic E-state index is -1.62. The first-order chi connectivity index (χ1) is 5.07. The molecule has 0 rings (SSSR count). The van der Waals surface area contributed by atoms with Crippen LogP contribution in [0, 0.1) is 0 Å². The second kappa shape index (κ2) is 5.63. The van der Waals surface area contributed by atoms with Gasteiger partial charge in [-0.1, -0.05) is 20.5 Å². The highest BCUT2D eigenvalue weighted by Crippen LogP contribution is 2.21. The zero-order valence-electron chi connectivity index (χ0n) is 5.73. The molecule has 0 heterocycles. The van der Waals surface area contributed by atoms with Gasteiger partial charge >= 0.3 is 13.8 Å². The van der Waals surface area contributed by atoms with Gasteiger partial charge in [-0.25, -0.2) is 0 Å². The van der Waals surface area contributed by atoms with Gasteiger partial charge in [-0.05, 0) is 0 Å². The van der Waals surface area contributed by atoms with Crippen LogP contribution in [0.3, 0.4) is 0 Å². The van der Waals surface area contributed by atoms with E-state index in [-0.39, 0.29) is 18.9 Å². The van der Waals surface area contributed by atoms with Crippen molar-refractivity contribution in [3.05, 3.63) is 0 Å². The minimum absolute atomic E-state index is 0.244. The minimum Gasteiger partial charge on any atom is -0.480 e. The van der Waals surface area contributed by atoms with Gasteiger partial charge in [0.1, 0.15) is 11.0 Å². The first kappa shape index (κ1) is 11.0. The number of aliphatic hydroxyl groups is 1. The normalized spacial score (nSPS) is 14.2. The summed E-state index contributed by atoms with van der Waals surface area (Å²) in [6.45, 7) is 0. The Bertz CT molecular complexity index is 161. The molecule has 0 bridgehead atoms. The molecule has 2 atom stereocenters. The van der Waals surface area contributed by atoms with E-state index in [0.717, 1.165) is 0 Å². The number of carbonyl (C=O) groups is 1. The third-order valence-electron chi connectivity index (χ3n) is 1.06. The van der Waals surface area contributed by atoms with Crippen LogP contribution in [0.1, 0.15) is 6.42 Å². The topological polar surface area (TPSA) is 74.6 Å². The summed E-state index contributed by atoms with van der Waals surface area (Å²) in [5.41, 5.74) is 0. The summed E-state index contributed by atoms with van der Waals surface area (Å²) in [5.74, 6) is -0.966. The number of rotatable bonds is 5. The molecule has 0 aromatic rings. The zero-order chi connectivity index (χ0) is 8.85. The maximum atomic E-state index is 10.6. The number of hydrogen-bond acceptors (Lipinski definition) is 3. The lowest BCUT2D eigenvalue weighted by molar-refractivity contribution is -0.136. The molecular formula is C5H9BrO4P+. The SMILES string of the molecule is O=C(O)C(Br)CC[P+](=O)CO. The Morgan fingerprint density at radius 3 is 2.55 bits per heavy atom. The number of carboxylic acid groups (broad SMARTS) is 1. The average molecular weight is 244 g/mol. The molecule has 0 aromatic heterocycles. The van der Waals surface area contributed by atoms with E-state index in [4.69, 9.17) is 10.2 Å². The largest absolute Gasteiger partial charge is 0.480 e. The van der Waals surface area contributed by atoms with Gasteiger partial charge in [0.25, 0.3) is 0 Å². The second-order valence-corrected chi connectivity index (χ2v) is 4.74. The molecule has 0 amide bonds. The fourth-order valence-electron chi connectivity index (χ4n) is 0.452. The molecule has 11 heavy (non-hydrogen) atoms. The lowest BCUT2D eigenvalue weighted by atomic mass is 10.3. The highest BCUT2D eigenvalue weighted by atomic mass is 79.9. The molecule has 0 fully saturated rings. The van der Waals surface area contributed by atoms with Gasteiger partial charge in [0.15, 0.2) is 0 Å². The van der Waals surface area contributed by atoms with Crippen LogP contribution < -0.4 is 0 Å². The molecule has 0 radical (unpaired) electrons. The molecule has 64 valence electrons. The van der Waals surface area contributed by atoms with Gasteiger partial charge in [0.05, 0.1) is 0 Å². The van der Waals surface area contributed by atoms with Crippen molar-refractivity contribution in [3.63, 3.8) is 0 Å². The summed E-state index contributed by atoms with van der Waals surface area (Å²) in [5, 5.41) is 16.7. The molecule has 0 saturated heterocycles. The third-order valence-corrected chi connectivity index (χ3v) is 2.98. The predicted octanol–water partition coefficient (Wildman–Crippen LogP) is 1.00. The van der Waals surface area contributed by atoms with E-state index in [0.29, 0.717) is 0 Å². The Morgan fingerprint density at radius 1 is 1.64 bits per heavy atom. The van der Waals surface area contributed by atoms with Gasteiger partial charge in [0, 0.05) is 6.42 Å². The van der Waals surface area contributed by atoms with Crippen LogP contribution in [0.4, 0.5) is 0 Å². The van der Waals surface area contributed by atoms with E-state index in [1.807, 2.05) is 0 Å². The Kier molecular flexibility index (Phi) is 5.64. The van der Waals surface area contributed by atoms with E-state index in [1.54, 1.807) is 0 Å². The van der Waals surface area contributed by atoms with Crippen molar-refractivity contribution in [2.45, 2.75) is 11.2 Å². The Balaban J connectivity index is 3.54. The van der Waals surface area contributed by atoms with Crippen LogP contribution in [0.5, 0.6) is 0 Å².